The minimum Gasteiger partial charge on any atom is -0.444 e. The summed E-state index contributed by atoms with van der Waals surface area (Å²) < 4.78 is 51.7. The molecule has 12 heterocycles. The Morgan fingerprint density at radius 1 is 0.510 bits per heavy atom. The molecule has 27 heteroatoms. The van der Waals surface area contributed by atoms with Gasteiger partial charge in [-0.3, -0.25) is 14.8 Å². The number of nitrogens with one attached hydrogen (secondary N) is 7. The number of ether oxygens (including phenoxy) is 1. The number of imidazole rings is 2. The van der Waals surface area contributed by atoms with Crippen LogP contribution in [0.4, 0.5) is 19.3 Å². The Kier molecular flexibility index (Phi) is 54.4. The van der Waals surface area contributed by atoms with Crippen molar-refractivity contribution in [2.45, 2.75) is 221 Å². The molecule has 18 aromatic rings. The highest BCUT2D eigenvalue weighted by Gasteiger charge is 2.29. The molecule has 21 nitrogen and oxygen atoms in total. The predicted octanol–water partition coefficient (Wildman–Crippen LogP) is 29.5. The number of fused-ring (bicyclic) bond motifs is 4. The maximum absolute atomic E-state index is 12.6. The number of thiophene rings is 1. The maximum Gasteiger partial charge on any atom is 0.410 e. The van der Waals surface area contributed by atoms with Crippen LogP contribution in [0.15, 0.2) is 303 Å². The number of H-pyrrole nitrogens is 5. The quantitative estimate of drug-likeness (QED) is 0.0588. The number of likely N-dealkylation sites (tertiary alicyclic amines) is 1. The van der Waals surface area contributed by atoms with E-state index in [1.165, 1.54) is 126 Å². The molecule has 2 amide bonds. The van der Waals surface area contributed by atoms with Gasteiger partial charge in [-0.15, -0.1) is 11.3 Å². The summed E-state index contributed by atoms with van der Waals surface area (Å²) in [4.78, 5) is 66.4. The van der Waals surface area contributed by atoms with Crippen molar-refractivity contribution in [2.24, 2.45) is 5.14 Å². The van der Waals surface area contributed by atoms with E-state index in [9.17, 15) is 26.8 Å². The fourth-order valence-corrected chi connectivity index (χ4v) is 14.8. The predicted molar refractivity (Wildman–Crippen MR) is 603 cm³/mol. The first-order valence-electron chi connectivity index (χ1n) is 48.0. The van der Waals surface area contributed by atoms with E-state index in [-0.39, 0.29) is 34.1 Å². The lowest BCUT2D eigenvalue weighted by Crippen LogP contribution is -2.38. The van der Waals surface area contributed by atoms with Crippen LogP contribution in [-0.4, -0.2) is 111 Å². The lowest BCUT2D eigenvalue weighted by Gasteiger charge is -2.26. The van der Waals surface area contributed by atoms with Gasteiger partial charge in [0.2, 0.25) is 15.9 Å². The molecular weight excluding hydrogens is 1890 g/mol. The van der Waals surface area contributed by atoms with Gasteiger partial charge in [-0.1, -0.05) is 126 Å². The molecule has 0 aliphatic carbocycles. The third kappa shape index (κ3) is 50.8. The van der Waals surface area contributed by atoms with E-state index in [1.807, 2.05) is 239 Å². The summed E-state index contributed by atoms with van der Waals surface area (Å²) in [5.74, 6) is 0.708. The number of amides is 2. The first-order chi connectivity index (χ1) is 68.7. The van der Waals surface area contributed by atoms with E-state index in [1.54, 1.807) is 69.2 Å². The van der Waals surface area contributed by atoms with Gasteiger partial charge in [-0.2, -0.15) is 0 Å². The minimum absolute atomic E-state index is 0.0215. The van der Waals surface area contributed by atoms with Crippen molar-refractivity contribution in [1.29, 1.82) is 0 Å². The van der Waals surface area contributed by atoms with Gasteiger partial charge < -0.3 is 50.9 Å². The number of nitrogen functional groups attached to an aromatic ring is 1. The first kappa shape index (κ1) is 122. The number of aromatic amines is 5. The van der Waals surface area contributed by atoms with Gasteiger partial charge in [0.25, 0.3) is 0 Å². The Morgan fingerprint density at radius 3 is 1.57 bits per heavy atom. The van der Waals surface area contributed by atoms with Gasteiger partial charge in [0.1, 0.15) is 33.9 Å². The molecule has 145 heavy (non-hydrogen) atoms. The highest BCUT2D eigenvalue weighted by molar-refractivity contribution is 7.89. The number of anilines is 1. The van der Waals surface area contributed by atoms with Gasteiger partial charge in [0, 0.05) is 136 Å². The standard InChI is InChI=1S/C10H19NO2.C10H11N.C9H12N2O.C9H10N2.C9H9N.C8H9Cl.C8H9F.C8H8N2.C7H7F.C7H9NO2S.C6H6ClN.2C6H7N.C6H8S.C5H11N.C4H6N2/c1-8-6-5-7-11(8)9(12)13-10(2,3)4;1-7-5-9-3-4-11-10(9)6-8(7)2;1-7(12)11-6-8-2-4-9(10)5-3-8;1-6-3-4-8-9(5-6)11-7(2)10-8;1-7-2-3-8-4-5-10-9(8)6-7;1-6-4-3-5-8(9)7(6)2;1-6-3-4-7(2)8(9)5-6;1-6-2-3-7-4-5-9-8(7)10-6;1-6-4-2-3-5-7(6)8;1-6-3-2-4-7(5-6)11(8,9)10;1-5-3-2-4-8-6(5)7;1-6-3-2-4-7-5-6;1-6-4-2-3-5-7-6;1-5-3-4-6(2)7-5;1-5-3-2-4-6-5;1-4-2-5-3-6-4/h8H,5-7H2,1-4H3;3-6,11H,1-2H3;2-5H,6,10H2,1H3,(H,11,12);3-5H,1-2H3,(H,10,11);2-6,10H,1H3;2*3-5H,1-2H3;2-5H,1H3,(H,9,10);2-5H,1H3;2-5H,1H3,(H2,8,9,10);2-4H,1H3;2*2-5H,1H3;3-4H,1-2H3;5-6H,2-4H2,1H3;2-3H,1H3,(H,5,6). The van der Waals surface area contributed by atoms with E-state index >= 15 is 0 Å². The summed E-state index contributed by atoms with van der Waals surface area (Å²) >= 11 is 13.3. The van der Waals surface area contributed by atoms with Crippen LogP contribution < -0.4 is 21.5 Å². The van der Waals surface area contributed by atoms with Crippen molar-refractivity contribution in [3.63, 3.8) is 0 Å². The molecule has 11 N–H and O–H groups in total. The number of nitrogens with zero attached hydrogens (tertiary/aromatic N) is 7. The number of carbonyl (C=O) groups is 2. The van der Waals surface area contributed by atoms with Gasteiger partial charge >= 0.3 is 6.09 Å². The number of nitrogens with two attached hydrogens (primary N) is 2. The van der Waals surface area contributed by atoms with Crippen molar-refractivity contribution in [2.75, 3.05) is 18.8 Å². The molecule has 0 saturated carbocycles. The number of benzene rings is 8. The molecule has 0 bridgehead atoms. The monoisotopic (exact) mass is 2040 g/mol. The van der Waals surface area contributed by atoms with Crippen LogP contribution >= 0.6 is 34.5 Å². The molecule has 2 saturated heterocycles. The summed E-state index contributed by atoms with van der Waals surface area (Å²) in [5, 5.41) is 16.1. The third-order valence-electron chi connectivity index (χ3n) is 21.5. The number of sulfonamides is 1. The van der Waals surface area contributed by atoms with Crippen LogP contribution in [0.25, 0.3) is 43.9 Å². The van der Waals surface area contributed by atoms with Crippen LogP contribution in [0, 0.1) is 136 Å². The van der Waals surface area contributed by atoms with Crippen LogP contribution in [-0.2, 0) is 26.1 Å². The number of aromatic nitrogens is 11. The van der Waals surface area contributed by atoms with Crippen molar-refractivity contribution in [3.8, 4) is 0 Å². The Morgan fingerprint density at radius 2 is 1.09 bits per heavy atom. The molecule has 2 fully saturated rings. The zero-order valence-corrected chi connectivity index (χ0v) is 91.7. The summed E-state index contributed by atoms with van der Waals surface area (Å²) in [6.45, 7) is 49.9. The first-order valence-corrected chi connectivity index (χ1v) is 51.1. The lowest BCUT2D eigenvalue weighted by atomic mass is 10.1. The number of hydrogen-bond donors (Lipinski definition) is 9. The second-order valence-electron chi connectivity index (χ2n) is 36.1. The molecule has 2 atom stereocenters. The summed E-state index contributed by atoms with van der Waals surface area (Å²) in [6.07, 6.45) is 21.1. The molecule has 770 valence electrons. The molecule has 2 unspecified atom stereocenters. The fraction of sp³-hybridized carbons (Fsp3) is 0.288. The lowest BCUT2D eigenvalue weighted by molar-refractivity contribution is -0.119. The fourth-order valence-electron chi connectivity index (χ4n) is 13.0. The highest BCUT2D eigenvalue weighted by atomic mass is 35.5. The summed E-state index contributed by atoms with van der Waals surface area (Å²) in [5.41, 5.74) is 28.9. The Bertz CT molecular complexity index is 6630. The normalized spacial score (nSPS) is 12.1. The largest absolute Gasteiger partial charge is 0.444 e. The second kappa shape index (κ2) is 64.8. The SMILES string of the molecule is CC(=O)NCc1ccc(N)cc1.CC1CCCN1.CC1CCCN1C(=O)OC(C)(C)C.Cc1cc2cc[nH]c2cc1C.Cc1ccc(C)c(F)c1.Cc1ccc(C)s1.Cc1ccc2cc[nH]c2c1.Cc1ccc2cc[nH]c2n1.Cc1ccc2nc(C)[nH]c2c1.Cc1cccc(Cl)c1C.Cc1cccc(S(N)(=O)=O)c1.Cc1ccccc1F.Cc1ccccn1.Cc1cccnc1.Cc1cccnc1Cl.Cc1cnc[nH]1. The Balaban J connectivity index is 0.000000273. The third-order valence-corrected chi connectivity index (χ3v) is 24.2. The number of halogens is 4. The molecule has 10 aromatic heterocycles. The highest BCUT2D eigenvalue weighted by Crippen LogP contribution is 2.23. The Hall–Kier alpha value is -13.8. The number of carbonyl (C=O) groups excluding carboxylic acids is 2. The number of aryl methyl sites for hydroxylation is 17. The minimum atomic E-state index is -3.53. The summed E-state index contributed by atoms with van der Waals surface area (Å²) in [6, 6.07) is 78.0. The number of rotatable bonds is 3. The Labute approximate surface area is 872 Å². The molecule has 0 radical (unpaired) electrons. The molecule has 2 aliphatic heterocycles. The van der Waals surface area contributed by atoms with Gasteiger partial charge in [0.05, 0.1) is 22.3 Å². The second-order valence-corrected chi connectivity index (χ2v) is 40.0. The van der Waals surface area contributed by atoms with E-state index in [2.05, 4.69) is 207 Å². The molecule has 0 spiro atoms. The van der Waals surface area contributed by atoms with Crippen LogP contribution in [0.2, 0.25) is 10.2 Å². The van der Waals surface area contributed by atoms with Gasteiger partial charge in [-0.05, 0) is 414 Å². The van der Waals surface area contributed by atoms with E-state index in [4.69, 9.17) is 38.8 Å². The smallest absolute Gasteiger partial charge is 0.410 e. The maximum atomic E-state index is 12.6. The average Bonchev–Trinajstić information content (AvgIpc) is 1.75. The van der Waals surface area contributed by atoms with Crippen molar-refractivity contribution in [1.82, 2.24) is 70.4 Å². The van der Waals surface area contributed by atoms with E-state index in [0.717, 1.165) is 98.0 Å². The van der Waals surface area contributed by atoms with Gasteiger partial charge in [-0.25, -0.2) is 47.1 Å². The van der Waals surface area contributed by atoms with Gasteiger partial charge in [0.15, 0.2) is 0 Å². The van der Waals surface area contributed by atoms with Crippen LogP contribution in [0.5, 0.6) is 0 Å². The molecule has 20 rings (SSSR count). The molecule has 2 aliphatic rings. The number of hydrogen-bond acceptors (Lipinski definition) is 14. The number of pyridine rings is 4. The van der Waals surface area contributed by atoms with E-state index < -0.39 is 10.0 Å². The van der Waals surface area contributed by atoms with Crippen LogP contribution in [0.1, 0.15) is 172 Å². The molecule has 8 aromatic carbocycles. The van der Waals surface area contributed by atoms with Crippen molar-refractivity contribution < 1.29 is 31.5 Å². The topological polar surface area (TPSA) is 313 Å². The van der Waals surface area contributed by atoms with Crippen molar-refractivity contribution >= 4 is 106 Å². The van der Waals surface area contributed by atoms with Crippen molar-refractivity contribution in [3.05, 3.63) is 425 Å². The average molecular weight is 2040 g/mol. The van der Waals surface area contributed by atoms with E-state index in [0.29, 0.717) is 28.9 Å². The summed E-state index contributed by atoms with van der Waals surface area (Å²) in [7, 11) is -3.53. The molecular formula is C118H148Cl2F2N16O5S2. The van der Waals surface area contributed by atoms with Crippen LogP contribution in [0.3, 0.4) is 0 Å². The number of primary sulfonamides is 1. The zero-order chi connectivity index (χ0) is 107. The zero-order valence-electron chi connectivity index (χ0n) is 88.5.